The van der Waals surface area contributed by atoms with E-state index < -0.39 is 18.0 Å². The van der Waals surface area contributed by atoms with Crippen molar-refractivity contribution in [3.05, 3.63) is 65.4 Å². The third-order valence-electron chi connectivity index (χ3n) is 4.57. The van der Waals surface area contributed by atoms with Crippen LogP contribution in [0.15, 0.2) is 64.7 Å². The Morgan fingerprint density at radius 3 is 2.57 bits per heavy atom. The first kappa shape index (κ1) is 21.6. The number of carbonyl (C=O) groups excluding carboxylic acids is 2. The van der Waals surface area contributed by atoms with Gasteiger partial charge in [-0.05, 0) is 37.3 Å². The van der Waals surface area contributed by atoms with Gasteiger partial charge in [0.1, 0.15) is 18.1 Å². The van der Waals surface area contributed by atoms with Gasteiger partial charge in [0.2, 0.25) is 0 Å². The number of ether oxygens (including phenoxy) is 3. The summed E-state index contributed by atoms with van der Waals surface area (Å²) in [5.74, 6) is 1.24. The molecule has 158 valence electrons. The van der Waals surface area contributed by atoms with E-state index in [2.05, 4.69) is 10.6 Å². The lowest BCUT2D eigenvalue weighted by atomic mass is 9.94. The minimum absolute atomic E-state index is 0.241. The molecule has 2 N–H and O–H groups in total. The van der Waals surface area contributed by atoms with Crippen molar-refractivity contribution >= 4 is 23.8 Å². The predicted molar refractivity (Wildman–Crippen MR) is 115 cm³/mol. The summed E-state index contributed by atoms with van der Waals surface area (Å²) in [5, 5.41) is 5.43. The highest BCUT2D eigenvalue weighted by molar-refractivity contribution is 7.99. The molecule has 0 saturated heterocycles. The van der Waals surface area contributed by atoms with E-state index in [1.165, 1.54) is 7.11 Å². The van der Waals surface area contributed by atoms with E-state index in [-0.39, 0.29) is 6.61 Å². The van der Waals surface area contributed by atoms with Gasteiger partial charge < -0.3 is 24.8 Å². The molecule has 0 saturated carbocycles. The van der Waals surface area contributed by atoms with Crippen molar-refractivity contribution in [2.75, 3.05) is 26.6 Å². The normalized spacial score (nSPS) is 15.8. The van der Waals surface area contributed by atoms with Gasteiger partial charge in [-0.3, -0.25) is 0 Å². The lowest BCUT2D eigenvalue weighted by Crippen LogP contribution is -2.45. The van der Waals surface area contributed by atoms with Crippen LogP contribution in [0.1, 0.15) is 18.5 Å². The van der Waals surface area contributed by atoms with Gasteiger partial charge in [0.05, 0.1) is 25.8 Å². The highest BCUT2D eigenvalue weighted by Crippen LogP contribution is 2.35. The number of thioether (sulfide) groups is 1. The van der Waals surface area contributed by atoms with E-state index in [0.717, 1.165) is 4.90 Å². The van der Waals surface area contributed by atoms with Crippen LogP contribution >= 0.6 is 11.8 Å². The number of carbonyl (C=O) groups is 2. The fraction of sp³-hybridized carbons (Fsp3) is 0.273. The van der Waals surface area contributed by atoms with Crippen LogP contribution < -0.4 is 20.1 Å². The number of hydrogen-bond donors (Lipinski definition) is 2. The maximum Gasteiger partial charge on any atom is 0.338 e. The Balaban J connectivity index is 1.77. The van der Waals surface area contributed by atoms with Crippen molar-refractivity contribution < 1.29 is 23.8 Å². The lowest BCUT2D eigenvalue weighted by molar-refractivity contribution is -0.138. The van der Waals surface area contributed by atoms with Gasteiger partial charge >= 0.3 is 12.0 Å². The third kappa shape index (κ3) is 5.07. The monoisotopic (exact) mass is 428 g/mol. The van der Waals surface area contributed by atoms with Crippen molar-refractivity contribution in [1.82, 2.24) is 10.6 Å². The first-order valence-corrected chi connectivity index (χ1v) is 10.4. The van der Waals surface area contributed by atoms with Crippen molar-refractivity contribution in [2.24, 2.45) is 0 Å². The van der Waals surface area contributed by atoms with E-state index in [1.807, 2.05) is 30.3 Å². The summed E-state index contributed by atoms with van der Waals surface area (Å²) in [4.78, 5) is 26.1. The van der Waals surface area contributed by atoms with E-state index in [4.69, 9.17) is 14.2 Å². The molecule has 2 aromatic rings. The van der Waals surface area contributed by atoms with Crippen LogP contribution in [0.25, 0.3) is 0 Å². The van der Waals surface area contributed by atoms with Crippen LogP contribution in [0, 0.1) is 0 Å². The number of nitrogens with one attached hydrogen (secondary N) is 2. The third-order valence-corrected chi connectivity index (χ3v) is 5.54. The molecule has 0 fully saturated rings. The quantitative estimate of drug-likeness (QED) is 0.379. The molecule has 8 heteroatoms. The highest BCUT2D eigenvalue weighted by atomic mass is 32.2. The highest BCUT2D eigenvalue weighted by Gasteiger charge is 2.34. The SMILES string of the molecule is COc1ccc(OC)c([C@H]2NC(=O)NC(C)=C2C(=O)OCCSc2ccccc2)c1. The molecule has 1 heterocycles. The second-order valence-corrected chi connectivity index (χ2v) is 7.64. The molecule has 0 aliphatic carbocycles. The second-order valence-electron chi connectivity index (χ2n) is 6.48. The molecule has 0 unspecified atom stereocenters. The van der Waals surface area contributed by atoms with Crippen molar-refractivity contribution in [3.63, 3.8) is 0 Å². The molecule has 0 bridgehead atoms. The Labute approximate surface area is 179 Å². The summed E-state index contributed by atoms with van der Waals surface area (Å²) < 4.78 is 16.2. The number of allylic oxidation sites excluding steroid dienone is 1. The molecular weight excluding hydrogens is 404 g/mol. The molecule has 3 rings (SSSR count). The van der Waals surface area contributed by atoms with Gasteiger partial charge in [-0.15, -0.1) is 11.8 Å². The zero-order chi connectivity index (χ0) is 21.5. The lowest BCUT2D eigenvalue weighted by Gasteiger charge is -2.29. The molecule has 7 nitrogen and oxygen atoms in total. The van der Waals surface area contributed by atoms with Crippen LogP contribution in [0.5, 0.6) is 11.5 Å². The fourth-order valence-electron chi connectivity index (χ4n) is 3.15. The Morgan fingerprint density at radius 2 is 1.87 bits per heavy atom. The summed E-state index contributed by atoms with van der Waals surface area (Å²) >= 11 is 1.60. The van der Waals surface area contributed by atoms with E-state index in [1.54, 1.807) is 44.0 Å². The Bertz CT molecular complexity index is 946. The van der Waals surface area contributed by atoms with Crippen LogP contribution in [0.2, 0.25) is 0 Å². The van der Waals surface area contributed by atoms with E-state index in [0.29, 0.717) is 34.1 Å². The van der Waals surface area contributed by atoms with Gasteiger partial charge in [0.15, 0.2) is 0 Å². The Kier molecular flexibility index (Phi) is 7.24. The van der Waals surface area contributed by atoms with E-state index >= 15 is 0 Å². The first-order chi connectivity index (χ1) is 14.5. The number of methoxy groups -OCH3 is 2. The Morgan fingerprint density at radius 1 is 1.10 bits per heavy atom. The number of benzene rings is 2. The number of rotatable bonds is 8. The van der Waals surface area contributed by atoms with Crippen molar-refractivity contribution in [2.45, 2.75) is 17.9 Å². The zero-order valence-corrected chi connectivity index (χ0v) is 17.9. The minimum atomic E-state index is -0.724. The number of amides is 2. The average molecular weight is 429 g/mol. The minimum Gasteiger partial charge on any atom is -0.497 e. The predicted octanol–water partition coefficient (Wildman–Crippen LogP) is 3.67. The standard InChI is InChI=1S/C22H24N2O5S/c1-14-19(21(25)29-11-12-30-16-7-5-4-6-8-16)20(24-22(26)23-14)17-13-15(27-2)9-10-18(17)28-3/h4-10,13,20H,11-12H2,1-3H3,(H2,23,24,26)/t20-/m1/s1. The van der Waals surface area contributed by atoms with Crippen molar-refractivity contribution in [3.8, 4) is 11.5 Å². The molecule has 2 amide bonds. The number of urea groups is 1. The van der Waals surface area contributed by atoms with Gasteiger partial charge in [-0.25, -0.2) is 9.59 Å². The molecule has 0 aromatic heterocycles. The number of hydrogen-bond acceptors (Lipinski definition) is 6. The maximum atomic E-state index is 12.9. The summed E-state index contributed by atoms with van der Waals surface area (Å²) in [6.45, 7) is 1.92. The Hall–Kier alpha value is -3.13. The van der Waals surface area contributed by atoms with Crippen LogP contribution in [-0.4, -0.2) is 38.6 Å². The average Bonchev–Trinajstić information content (AvgIpc) is 2.76. The molecule has 0 radical (unpaired) electrons. The molecular formula is C22H24N2O5S. The second kappa shape index (κ2) is 10.1. The summed E-state index contributed by atoms with van der Waals surface area (Å²) in [7, 11) is 3.08. The van der Waals surface area contributed by atoms with Crippen LogP contribution in [0.4, 0.5) is 4.79 Å². The first-order valence-electron chi connectivity index (χ1n) is 9.38. The maximum absolute atomic E-state index is 12.9. The van der Waals surface area contributed by atoms with Gasteiger partial charge in [-0.1, -0.05) is 18.2 Å². The zero-order valence-electron chi connectivity index (χ0n) is 17.1. The topological polar surface area (TPSA) is 85.9 Å². The summed E-state index contributed by atoms with van der Waals surface area (Å²) in [6.07, 6.45) is 0. The van der Waals surface area contributed by atoms with Gasteiger partial charge in [0, 0.05) is 21.9 Å². The van der Waals surface area contributed by atoms with Gasteiger partial charge in [-0.2, -0.15) is 0 Å². The van der Waals surface area contributed by atoms with E-state index in [9.17, 15) is 9.59 Å². The summed E-state index contributed by atoms with van der Waals surface area (Å²) in [5.41, 5.74) is 1.37. The molecule has 1 aliphatic heterocycles. The van der Waals surface area contributed by atoms with Crippen LogP contribution in [-0.2, 0) is 9.53 Å². The molecule has 1 aliphatic rings. The van der Waals surface area contributed by atoms with Crippen LogP contribution in [0.3, 0.4) is 0 Å². The molecule has 1 atom stereocenters. The number of esters is 1. The smallest absolute Gasteiger partial charge is 0.338 e. The summed E-state index contributed by atoms with van der Waals surface area (Å²) in [6, 6.07) is 14.0. The molecule has 0 spiro atoms. The molecule has 30 heavy (non-hydrogen) atoms. The van der Waals surface area contributed by atoms with Crippen molar-refractivity contribution in [1.29, 1.82) is 0 Å². The molecule has 2 aromatic carbocycles. The largest absolute Gasteiger partial charge is 0.497 e. The van der Waals surface area contributed by atoms with Gasteiger partial charge in [0.25, 0.3) is 0 Å². The fourth-order valence-corrected chi connectivity index (χ4v) is 3.90.